The summed E-state index contributed by atoms with van der Waals surface area (Å²) in [6, 6.07) is 0. The Hall–Kier alpha value is 0. The fourth-order valence-electron chi connectivity index (χ4n) is 2.00. The molecule has 0 unspecified atom stereocenters. The van der Waals surface area contributed by atoms with Crippen molar-refractivity contribution in [3.8, 4) is 0 Å². The minimum Gasteiger partial charge on any atom is -0.0654 e. The summed E-state index contributed by atoms with van der Waals surface area (Å²) in [5, 5.41) is 0. The molecule has 0 saturated heterocycles. The first-order valence-electron chi connectivity index (χ1n) is 5.95. The highest BCUT2D eigenvalue weighted by Crippen LogP contribution is 2.40. The van der Waals surface area contributed by atoms with Crippen LogP contribution in [-0.4, -0.2) is 0 Å². The van der Waals surface area contributed by atoms with E-state index in [9.17, 15) is 0 Å². The Morgan fingerprint density at radius 3 is 1.69 bits per heavy atom. The highest BCUT2D eigenvalue weighted by atomic mass is 14.4. The maximum Gasteiger partial charge on any atom is -0.0280 e. The molecule has 0 nitrogen and oxygen atoms in total. The zero-order valence-electron chi connectivity index (χ0n) is 10.5. The van der Waals surface area contributed by atoms with Crippen LogP contribution < -0.4 is 0 Å². The molecule has 0 atom stereocenters. The molecule has 0 aliphatic carbocycles. The van der Waals surface area contributed by atoms with E-state index in [1.165, 1.54) is 25.7 Å². The van der Waals surface area contributed by atoms with Crippen LogP contribution in [0.4, 0.5) is 0 Å². The molecule has 0 heterocycles. The van der Waals surface area contributed by atoms with Crippen molar-refractivity contribution in [2.45, 2.75) is 67.2 Å². The predicted octanol–water partition coefficient (Wildman–Crippen LogP) is 4.89. The van der Waals surface area contributed by atoms with Crippen LogP contribution in [0.25, 0.3) is 0 Å². The first kappa shape index (κ1) is 13.0. The van der Waals surface area contributed by atoms with E-state index in [0.717, 1.165) is 11.8 Å². The molecule has 0 N–H and O–H groups in total. The highest BCUT2D eigenvalue weighted by Gasteiger charge is 2.30. The van der Waals surface area contributed by atoms with Crippen LogP contribution in [0.2, 0.25) is 0 Å². The van der Waals surface area contributed by atoms with E-state index in [1.807, 2.05) is 0 Å². The Morgan fingerprint density at radius 1 is 0.923 bits per heavy atom. The fourth-order valence-corrected chi connectivity index (χ4v) is 2.00. The van der Waals surface area contributed by atoms with Crippen LogP contribution in [0.1, 0.15) is 67.2 Å². The van der Waals surface area contributed by atoms with Gasteiger partial charge in [0.15, 0.2) is 0 Å². The second kappa shape index (κ2) is 5.67. The standard InChI is InChI=1S/C13H28/c1-7-8-9-10-13(6,11(2)3)12(4)5/h11-12H,7-10H2,1-6H3. The molecule has 0 aliphatic heterocycles. The van der Waals surface area contributed by atoms with Gasteiger partial charge in [-0.15, -0.1) is 0 Å². The molecule has 0 aromatic rings. The minimum absolute atomic E-state index is 0.551. The Balaban J connectivity index is 4.09. The van der Waals surface area contributed by atoms with Gasteiger partial charge in [-0.05, 0) is 23.7 Å². The first-order chi connectivity index (χ1) is 5.95. The van der Waals surface area contributed by atoms with Gasteiger partial charge in [0.1, 0.15) is 0 Å². The third-order valence-electron chi connectivity index (χ3n) is 3.96. The van der Waals surface area contributed by atoms with Crippen molar-refractivity contribution in [1.82, 2.24) is 0 Å². The van der Waals surface area contributed by atoms with Gasteiger partial charge in [0.2, 0.25) is 0 Å². The van der Waals surface area contributed by atoms with Crippen molar-refractivity contribution in [1.29, 1.82) is 0 Å². The summed E-state index contributed by atoms with van der Waals surface area (Å²) in [4.78, 5) is 0. The molecule has 0 aromatic heterocycles. The average Bonchev–Trinajstić information content (AvgIpc) is 2.03. The van der Waals surface area contributed by atoms with Gasteiger partial charge >= 0.3 is 0 Å². The van der Waals surface area contributed by atoms with Gasteiger partial charge in [0, 0.05) is 0 Å². The zero-order chi connectivity index (χ0) is 10.5. The quantitative estimate of drug-likeness (QED) is 0.516. The second-order valence-corrected chi connectivity index (χ2v) is 5.27. The maximum atomic E-state index is 2.46. The van der Waals surface area contributed by atoms with Gasteiger partial charge in [-0.2, -0.15) is 0 Å². The van der Waals surface area contributed by atoms with Crippen LogP contribution in [0, 0.1) is 17.3 Å². The SMILES string of the molecule is CCCCCC(C)(C(C)C)C(C)C. The number of rotatable bonds is 6. The van der Waals surface area contributed by atoms with Crippen LogP contribution >= 0.6 is 0 Å². The summed E-state index contributed by atoms with van der Waals surface area (Å²) in [5.74, 6) is 1.62. The molecule has 0 aromatic carbocycles. The Labute approximate surface area is 85.1 Å². The van der Waals surface area contributed by atoms with Crippen LogP contribution in [0.15, 0.2) is 0 Å². The largest absolute Gasteiger partial charge is 0.0654 e. The summed E-state index contributed by atoms with van der Waals surface area (Å²) in [6.07, 6.45) is 5.54. The van der Waals surface area contributed by atoms with Gasteiger partial charge in [-0.25, -0.2) is 0 Å². The Morgan fingerprint density at radius 2 is 1.38 bits per heavy atom. The van der Waals surface area contributed by atoms with E-state index in [4.69, 9.17) is 0 Å². The number of hydrogen-bond donors (Lipinski definition) is 0. The van der Waals surface area contributed by atoms with E-state index in [-0.39, 0.29) is 0 Å². The summed E-state index contributed by atoms with van der Waals surface area (Å²) in [6.45, 7) is 14.2. The topological polar surface area (TPSA) is 0 Å². The molecule has 0 rings (SSSR count). The molecule has 0 amide bonds. The molecule has 80 valence electrons. The maximum absolute atomic E-state index is 2.46. The van der Waals surface area contributed by atoms with E-state index in [1.54, 1.807) is 0 Å². The van der Waals surface area contributed by atoms with Gasteiger partial charge in [-0.3, -0.25) is 0 Å². The van der Waals surface area contributed by atoms with Crippen LogP contribution in [0.5, 0.6) is 0 Å². The lowest BCUT2D eigenvalue weighted by atomic mass is 9.67. The second-order valence-electron chi connectivity index (χ2n) is 5.27. The summed E-state index contributed by atoms with van der Waals surface area (Å²) in [5.41, 5.74) is 0.551. The molecule has 13 heavy (non-hydrogen) atoms. The van der Waals surface area contributed by atoms with Gasteiger partial charge in [-0.1, -0.05) is 60.8 Å². The number of unbranched alkanes of at least 4 members (excludes halogenated alkanes) is 2. The van der Waals surface area contributed by atoms with Gasteiger partial charge in [0.05, 0.1) is 0 Å². The average molecular weight is 184 g/mol. The van der Waals surface area contributed by atoms with Gasteiger partial charge in [0.25, 0.3) is 0 Å². The molecular formula is C13H28. The lowest BCUT2D eigenvalue weighted by Gasteiger charge is -2.38. The van der Waals surface area contributed by atoms with E-state index < -0.39 is 0 Å². The van der Waals surface area contributed by atoms with Crippen LogP contribution in [-0.2, 0) is 0 Å². The molecule has 0 fully saturated rings. The monoisotopic (exact) mass is 184 g/mol. The minimum atomic E-state index is 0.551. The molecule has 0 aliphatic rings. The van der Waals surface area contributed by atoms with Crippen molar-refractivity contribution in [2.24, 2.45) is 17.3 Å². The summed E-state index contributed by atoms with van der Waals surface area (Å²) >= 11 is 0. The third kappa shape index (κ3) is 3.70. The predicted molar refractivity (Wildman–Crippen MR) is 61.9 cm³/mol. The Bertz CT molecular complexity index is 114. The van der Waals surface area contributed by atoms with Crippen molar-refractivity contribution in [2.75, 3.05) is 0 Å². The Kier molecular flexibility index (Phi) is 5.67. The van der Waals surface area contributed by atoms with E-state index in [2.05, 4.69) is 41.5 Å². The molecule has 0 radical (unpaired) electrons. The molecule has 0 saturated carbocycles. The van der Waals surface area contributed by atoms with Crippen molar-refractivity contribution >= 4 is 0 Å². The molecular weight excluding hydrogens is 156 g/mol. The molecule has 0 bridgehead atoms. The third-order valence-corrected chi connectivity index (χ3v) is 3.96. The molecule has 0 heteroatoms. The zero-order valence-corrected chi connectivity index (χ0v) is 10.5. The lowest BCUT2D eigenvalue weighted by Crippen LogP contribution is -2.29. The highest BCUT2D eigenvalue weighted by molar-refractivity contribution is 4.80. The molecule has 0 spiro atoms. The van der Waals surface area contributed by atoms with E-state index in [0.29, 0.717) is 5.41 Å². The smallest absolute Gasteiger partial charge is 0.0280 e. The summed E-state index contributed by atoms with van der Waals surface area (Å²) < 4.78 is 0. The van der Waals surface area contributed by atoms with Crippen LogP contribution in [0.3, 0.4) is 0 Å². The number of hydrogen-bond acceptors (Lipinski definition) is 0. The van der Waals surface area contributed by atoms with Crippen molar-refractivity contribution in [3.63, 3.8) is 0 Å². The van der Waals surface area contributed by atoms with Crippen molar-refractivity contribution < 1.29 is 0 Å². The van der Waals surface area contributed by atoms with Crippen molar-refractivity contribution in [3.05, 3.63) is 0 Å². The first-order valence-corrected chi connectivity index (χ1v) is 5.95. The summed E-state index contributed by atoms with van der Waals surface area (Å²) in [7, 11) is 0. The van der Waals surface area contributed by atoms with E-state index >= 15 is 0 Å². The normalized spacial score (nSPS) is 12.9. The van der Waals surface area contributed by atoms with Gasteiger partial charge < -0.3 is 0 Å². The lowest BCUT2D eigenvalue weighted by molar-refractivity contribution is 0.119. The fraction of sp³-hybridized carbons (Fsp3) is 1.00.